The third kappa shape index (κ3) is 5.85. The maximum atomic E-state index is 12.9. The molecule has 0 aliphatic carbocycles. The lowest BCUT2D eigenvalue weighted by atomic mass is 10.3. The summed E-state index contributed by atoms with van der Waals surface area (Å²) < 4.78 is 45.4. The molecule has 0 aliphatic heterocycles. The van der Waals surface area contributed by atoms with Crippen LogP contribution >= 0.6 is 23.2 Å². The van der Waals surface area contributed by atoms with E-state index in [4.69, 9.17) is 27.9 Å². The highest BCUT2D eigenvalue weighted by molar-refractivity contribution is 7.92. The van der Waals surface area contributed by atoms with Crippen molar-refractivity contribution in [3.05, 3.63) is 82.6 Å². The predicted molar refractivity (Wildman–Crippen MR) is 114 cm³/mol. The highest BCUT2D eigenvalue weighted by Crippen LogP contribution is 2.27. The van der Waals surface area contributed by atoms with E-state index in [2.05, 4.69) is 10.0 Å². The molecule has 6 nitrogen and oxygen atoms in total. The molecule has 0 atom stereocenters. The fourth-order valence-corrected chi connectivity index (χ4v) is 3.90. The van der Waals surface area contributed by atoms with Gasteiger partial charge in [0.15, 0.2) is 6.61 Å². The molecule has 1 amide bonds. The number of nitrogens with one attached hydrogen (secondary N) is 2. The second kappa shape index (κ2) is 9.34. The average Bonchev–Trinajstić information content (AvgIpc) is 2.69. The number of halogens is 3. The van der Waals surface area contributed by atoms with Crippen LogP contribution in [0.5, 0.6) is 5.75 Å². The zero-order valence-corrected chi connectivity index (χ0v) is 17.6. The van der Waals surface area contributed by atoms with Crippen LogP contribution in [0.1, 0.15) is 0 Å². The van der Waals surface area contributed by atoms with Gasteiger partial charge in [0.2, 0.25) is 0 Å². The van der Waals surface area contributed by atoms with Crippen LogP contribution in [0.2, 0.25) is 10.0 Å². The van der Waals surface area contributed by atoms with Crippen molar-refractivity contribution in [3.8, 4) is 5.75 Å². The summed E-state index contributed by atoms with van der Waals surface area (Å²) in [5.74, 6) is -0.619. The molecular formula is C20H15Cl2FN2O4S. The first-order chi connectivity index (χ1) is 14.2. The highest BCUT2D eigenvalue weighted by Gasteiger charge is 2.15. The van der Waals surface area contributed by atoms with Crippen LogP contribution in [0.25, 0.3) is 0 Å². The Balaban J connectivity index is 1.59. The molecule has 0 spiro atoms. The quantitative estimate of drug-likeness (QED) is 0.513. The van der Waals surface area contributed by atoms with Gasteiger partial charge in [-0.15, -0.1) is 0 Å². The van der Waals surface area contributed by atoms with E-state index in [1.54, 1.807) is 12.1 Å². The van der Waals surface area contributed by atoms with Crippen LogP contribution in [-0.4, -0.2) is 20.9 Å². The van der Waals surface area contributed by atoms with E-state index in [0.29, 0.717) is 16.5 Å². The first-order valence-corrected chi connectivity index (χ1v) is 10.7. The molecule has 10 heteroatoms. The first kappa shape index (κ1) is 21.9. The van der Waals surface area contributed by atoms with Gasteiger partial charge in [-0.05, 0) is 66.7 Å². The van der Waals surface area contributed by atoms with Gasteiger partial charge < -0.3 is 10.1 Å². The fourth-order valence-electron chi connectivity index (χ4n) is 2.38. The number of sulfonamides is 1. The average molecular weight is 469 g/mol. The molecule has 0 saturated heterocycles. The van der Waals surface area contributed by atoms with Gasteiger partial charge in [0.05, 0.1) is 9.92 Å². The largest absolute Gasteiger partial charge is 0.482 e. The van der Waals surface area contributed by atoms with Gasteiger partial charge in [-0.1, -0.05) is 23.2 Å². The van der Waals surface area contributed by atoms with Gasteiger partial charge in [-0.3, -0.25) is 9.52 Å². The molecule has 0 saturated carbocycles. The maximum Gasteiger partial charge on any atom is 0.262 e. The lowest BCUT2D eigenvalue weighted by Crippen LogP contribution is -2.20. The topological polar surface area (TPSA) is 84.5 Å². The highest BCUT2D eigenvalue weighted by atomic mass is 35.5. The number of amides is 1. The Hall–Kier alpha value is -2.81. The number of hydrogen-bond acceptors (Lipinski definition) is 4. The summed E-state index contributed by atoms with van der Waals surface area (Å²) in [7, 11) is -3.86. The predicted octanol–water partition coefficient (Wildman–Crippen LogP) is 4.95. The van der Waals surface area contributed by atoms with Crippen molar-refractivity contribution >= 4 is 50.5 Å². The van der Waals surface area contributed by atoms with Gasteiger partial charge in [0.25, 0.3) is 15.9 Å². The number of carbonyl (C=O) groups is 1. The zero-order chi connectivity index (χ0) is 21.7. The molecule has 0 radical (unpaired) electrons. The number of benzene rings is 3. The van der Waals surface area contributed by atoms with E-state index in [-0.39, 0.29) is 22.2 Å². The first-order valence-electron chi connectivity index (χ1n) is 8.49. The molecule has 3 aromatic rings. The Morgan fingerprint density at radius 3 is 2.20 bits per heavy atom. The molecule has 0 aliphatic rings. The van der Waals surface area contributed by atoms with Crippen LogP contribution < -0.4 is 14.8 Å². The number of carbonyl (C=O) groups excluding carboxylic acids is 1. The Kier molecular flexibility index (Phi) is 6.81. The van der Waals surface area contributed by atoms with Crippen LogP contribution in [0, 0.1) is 5.82 Å². The molecule has 3 rings (SSSR count). The second-order valence-corrected chi connectivity index (χ2v) is 8.57. The Morgan fingerprint density at radius 2 is 1.57 bits per heavy atom. The van der Waals surface area contributed by atoms with Crippen molar-refractivity contribution < 1.29 is 22.3 Å². The maximum absolute atomic E-state index is 12.9. The Labute approximate surface area is 182 Å². The van der Waals surface area contributed by atoms with Gasteiger partial charge in [-0.2, -0.15) is 0 Å². The SMILES string of the molecule is O=C(COc1ccc(Cl)cc1Cl)Nc1ccc(S(=O)(=O)Nc2ccc(F)cc2)cc1. The molecular weight excluding hydrogens is 454 g/mol. The molecule has 0 unspecified atom stereocenters. The standard InChI is InChI=1S/C20H15Cl2FN2O4S/c21-13-1-10-19(18(22)11-13)29-12-20(26)24-15-6-8-17(9-7-15)30(27,28)25-16-4-2-14(23)3-5-16/h1-11,25H,12H2,(H,24,26). The second-order valence-electron chi connectivity index (χ2n) is 6.05. The van der Waals surface area contributed by atoms with E-state index in [0.717, 1.165) is 12.1 Å². The molecule has 0 heterocycles. The van der Waals surface area contributed by atoms with E-state index in [1.807, 2.05) is 0 Å². The molecule has 3 aromatic carbocycles. The Morgan fingerprint density at radius 1 is 0.933 bits per heavy atom. The van der Waals surface area contributed by atoms with Crippen LogP contribution in [0.3, 0.4) is 0 Å². The minimum atomic E-state index is -3.86. The molecule has 0 fully saturated rings. The summed E-state index contributed by atoms with van der Waals surface area (Å²) in [5.41, 5.74) is 0.610. The van der Waals surface area contributed by atoms with Crippen molar-refractivity contribution in [2.24, 2.45) is 0 Å². The van der Waals surface area contributed by atoms with Crippen molar-refractivity contribution in [2.75, 3.05) is 16.6 Å². The lowest BCUT2D eigenvalue weighted by Gasteiger charge is -2.10. The van der Waals surface area contributed by atoms with E-state index < -0.39 is 21.7 Å². The van der Waals surface area contributed by atoms with Gasteiger partial charge in [-0.25, -0.2) is 12.8 Å². The third-order valence-corrected chi connectivity index (χ3v) is 5.73. The molecule has 156 valence electrons. The van der Waals surface area contributed by atoms with E-state index in [1.165, 1.54) is 42.5 Å². The number of rotatable bonds is 7. The smallest absolute Gasteiger partial charge is 0.262 e. The molecule has 30 heavy (non-hydrogen) atoms. The number of anilines is 2. The number of ether oxygens (including phenoxy) is 1. The Bertz CT molecular complexity index is 1150. The summed E-state index contributed by atoms with van der Waals surface area (Å²) in [5, 5.41) is 3.31. The summed E-state index contributed by atoms with van der Waals surface area (Å²) in [6, 6.07) is 15.1. The molecule has 0 bridgehead atoms. The van der Waals surface area contributed by atoms with Crippen LogP contribution in [0.15, 0.2) is 71.6 Å². The molecule has 2 N–H and O–H groups in total. The minimum Gasteiger partial charge on any atom is -0.482 e. The summed E-state index contributed by atoms with van der Waals surface area (Å²) in [6.07, 6.45) is 0. The van der Waals surface area contributed by atoms with Gasteiger partial charge >= 0.3 is 0 Å². The van der Waals surface area contributed by atoms with Crippen molar-refractivity contribution in [2.45, 2.75) is 4.90 Å². The van der Waals surface area contributed by atoms with E-state index in [9.17, 15) is 17.6 Å². The van der Waals surface area contributed by atoms with Crippen LogP contribution in [0.4, 0.5) is 15.8 Å². The van der Waals surface area contributed by atoms with Gasteiger partial charge in [0, 0.05) is 16.4 Å². The van der Waals surface area contributed by atoms with E-state index >= 15 is 0 Å². The van der Waals surface area contributed by atoms with Gasteiger partial charge in [0.1, 0.15) is 11.6 Å². The normalized spacial score (nSPS) is 11.0. The van der Waals surface area contributed by atoms with Crippen molar-refractivity contribution in [1.82, 2.24) is 0 Å². The van der Waals surface area contributed by atoms with Crippen LogP contribution in [-0.2, 0) is 14.8 Å². The zero-order valence-electron chi connectivity index (χ0n) is 15.2. The summed E-state index contributed by atoms with van der Waals surface area (Å²) in [4.78, 5) is 12.0. The monoisotopic (exact) mass is 468 g/mol. The fraction of sp³-hybridized carbons (Fsp3) is 0.0500. The molecule has 0 aromatic heterocycles. The minimum absolute atomic E-state index is 0.0194. The summed E-state index contributed by atoms with van der Waals surface area (Å²) >= 11 is 11.8. The van der Waals surface area contributed by atoms with Crippen molar-refractivity contribution in [1.29, 1.82) is 0 Å². The third-order valence-electron chi connectivity index (χ3n) is 3.80. The number of hydrogen-bond donors (Lipinski definition) is 2. The lowest BCUT2D eigenvalue weighted by molar-refractivity contribution is -0.118. The summed E-state index contributed by atoms with van der Waals surface area (Å²) in [6.45, 7) is -0.298. The van der Waals surface area contributed by atoms with Crippen molar-refractivity contribution in [3.63, 3.8) is 0 Å².